The Morgan fingerprint density at radius 3 is 2.50 bits per heavy atom. The van der Waals surface area contributed by atoms with E-state index in [4.69, 9.17) is 5.11 Å². The van der Waals surface area contributed by atoms with Gasteiger partial charge in [0.25, 0.3) is 5.56 Å². The van der Waals surface area contributed by atoms with Gasteiger partial charge in [-0.3, -0.25) is 9.59 Å². The van der Waals surface area contributed by atoms with Crippen molar-refractivity contribution in [3.8, 4) is 11.3 Å². The molecule has 1 N–H and O–H groups in total. The molecule has 0 fully saturated rings. The van der Waals surface area contributed by atoms with Gasteiger partial charge in [-0.1, -0.05) is 13.8 Å². The molecule has 0 saturated heterocycles. The predicted molar refractivity (Wildman–Crippen MR) is 80.1 cm³/mol. The Labute approximate surface area is 127 Å². The molecule has 116 valence electrons. The highest BCUT2D eigenvalue weighted by Crippen LogP contribution is 2.17. The van der Waals surface area contributed by atoms with E-state index in [9.17, 15) is 14.0 Å². The number of hydrogen-bond donors (Lipinski definition) is 1. The fourth-order valence-corrected chi connectivity index (χ4v) is 2.12. The van der Waals surface area contributed by atoms with Crippen molar-refractivity contribution in [3.05, 3.63) is 52.1 Å². The number of carboxylic acids is 1. The minimum absolute atomic E-state index is 0.169. The highest BCUT2D eigenvalue weighted by atomic mass is 19.1. The lowest BCUT2D eigenvalue weighted by molar-refractivity contribution is -0.136. The largest absolute Gasteiger partial charge is 0.481 e. The summed E-state index contributed by atoms with van der Waals surface area (Å²) in [6.07, 6.45) is -0.367. The van der Waals surface area contributed by atoms with E-state index in [-0.39, 0.29) is 23.7 Å². The number of halogens is 1. The summed E-state index contributed by atoms with van der Waals surface area (Å²) in [5.41, 5.74) is 0.853. The highest BCUT2D eigenvalue weighted by molar-refractivity contribution is 5.71. The van der Waals surface area contributed by atoms with Crippen LogP contribution in [0.4, 0.5) is 4.39 Å². The zero-order valence-electron chi connectivity index (χ0n) is 12.4. The second-order valence-electron chi connectivity index (χ2n) is 5.51. The quantitative estimate of drug-likeness (QED) is 0.920. The number of hydrogen-bond acceptors (Lipinski definition) is 3. The molecule has 1 aromatic carbocycles. The van der Waals surface area contributed by atoms with E-state index < -0.39 is 11.5 Å². The van der Waals surface area contributed by atoms with Crippen molar-refractivity contribution in [1.82, 2.24) is 9.78 Å². The first kappa shape index (κ1) is 15.9. The van der Waals surface area contributed by atoms with Gasteiger partial charge in [0.2, 0.25) is 0 Å². The molecule has 5 nitrogen and oxygen atoms in total. The first-order valence-electron chi connectivity index (χ1n) is 6.95. The van der Waals surface area contributed by atoms with Crippen molar-refractivity contribution in [3.63, 3.8) is 0 Å². The first-order chi connectivity index (χ1) is 10.4. The van der Waals surface area contributed by atoms with Gasteiger partial charge < -0.3 is 5.11 Å². The molecule has 2 aromatic rings. The fraction of sp³-hybridized carbons (Fsp3) is 0.312. The summed E-state index contributed by atoms with van der Waals surface area (Å²) in [6.45, 7) is 4.27. The van der Waals surface area contributed by atoms with Crippen LogP contribution in [0.5, 0.6) is 0 Å². The van der Waals surface area contributed by atoms with E-state index >= 15 is 0 Å². The molecule has 0 unspecified atom stereocenters. The monoisotopic (exact) mass is 304 g/mol. The summed E-state index contributed by atoms with van der Waals surface area (Å²) in [5.74, 6) is -1.26. The average molecular weight is 304 g/mol. The van der Waals surface area contributed by atoms with Gasteiger partial charge in [-0.15, -0.1) is 0 Å². The average Bonchev–Trinajstić information content (AvgIpc) is 2.43. The molecular weight excluding hydrogens is 287 g/mol. The van der Waals surface area contributed by atoms with Gasteiger partial charge in [0.05, 0.1) is 12.1 Å². The van der Waals surface area contributed by atoms with E-state index in [1.807, 2.05) is 13.8 Å². The Bertz CT molecular complexity index is 736. The SMILES string of the molecule is CC(C)Cn1nc(-c2ccc(F)cc2)cc(CC(=O)O)c1=O. The van der Waals surface area contributed by atoms with E-state index in [0.29, 0.717) is 17.8 Å². The van der Waals surface area contributed by atoms with Crippen LogP contribution in [0.25, 0.3) is 11.3 Å². The number of aromatic nitrogens is 2. The van der Waals surface area contributed by atoms with Gasteiger partial charge in [0.15, 0.2) is 0 Å². The van der Waals surface area contributed by atoms with E-state index in [2.05, 4.69) is 5.10 Å². The van der Waals surface area contributed by atoms with Crippen molar-refractivity contribution < 1.29 is 14.3 Å². The smallest absolute Gasteiger partial charge is 0.308 e. The van der Waals surface area contributed by atoms with Crippen LogP contribution in [-0.2, 0) is 17.8 Å². The molecule has 22 heavy (non-hydrogen) atoms. The lowest BCUT2D eigenvalue weighted by Crippen LogP contribution is -2.29. The molecule has 0 spiro atoms. The second kappa shape index (κ2) is 6.51. The van der Waals surface area contributed by atoms with Gasteiger partial charge in [-0.05, 0) is 36.2 Å². The molecule has 0 aliphatic heterocycles. The molecule has 0 aliphatic rings. The van der Waals surface area contributed by atoms with Gasteiger partial charge in [0.1, 0.15) is 5.82 Å². The van der Waals surface area contributed by atoms with Crippen molar-refractivity contribution in [1.29, 1.82) is 0 Å². The van der Waals surface area contributed by atoms with Gasteiger partial charge in [0, 0.05) is 17.7 Å². The molecule has 0 amide bonds. The molecular formula is C16H17FN2O3. The van der Waals surface area contributed by atoms with Crippen LogP contribution in [-0.4, -0.2) is 20.9 Å². The topological polar surface area (TPSA) is 72.2 Å². The Morgan fingerprint density at radius 2 is 1.95 bits per heavy atom. The summed E-state index contributed by atoms with van der Waals surface area (Å²) in [7, 11) is 0. The van der Waals surface area contributed by atoms with Crippen molar-refractivity contribution in [2.24, 2.45) is 5.92 Å². The Balaban J connectivity index is 2.55. The van der Waals surface area contributed by atoms with Crippen LogP contribution in [0.2, 0.25) is 0 Å². The normalized spacial score (nSPS) is 10.9. The highest BCUT2D eigenvalue weighted by Gasteiger charge is 2.13. The molecule has 2 rings (SSSR count). The summed E-state index contributed by atoms with van der Waals surface area (Å²) in [6, 6.07) is 7.15. The zero-order chi connectivity index (χ0) is 16.3. The molecule has 0 saturated carbocycles. The molecule has 0 bridgehead atoms. The number of benzene rings is 1. The summed E-state index contributed by atoms with van der Waals surface area (Å²) >= 11 is 0. The Morgan fingerprint density at radius 1 is 1.32 bits per heavy atom. The van der Waals surface area contributed by atoms with Crippen molar-refractivity contribution in [2.75, 3.05) is 0 Å². The maximum atomic E-state index is 13.0. The Hall–Kier alpha value is -2.50. The maximum Gasteiger partial charge on any atom is 0.308 e. The van der Waals surface area contributed by atoms with Crippen molar-refractivity contribution >= 4 is 5.97 Å². The third kappa shape index (κ3) is 3.78. The van der Waals surface area contributed by atoms with E-state index in [0.717, 1.165) is 0 Å². The minimum Gasteiger partial charge on any atom is -0.481 e. The third-order valence-electron chi connectivity index (χ3n) is 3.07. The summed E-state index contributed by atoms with van der Waals surface area (Å²) in [4.78, 5) is 23.2. The standard InChI is InChI=1S/C16H17FN2O3/c1-10(2)9-19-16(22)12(8-15(20)21)7-14(18-19)11-3-5-13(17)6-4-11/h3-7,10H,8-9H2,1-2H3,(H,20,21). The summed E-state index contributed by atoms with van der Waals surface area (Å²) < 4.78 is 14.3. The lowest BCUT2D eigenvalue weighted by atomic mass is 10.1. The van der Waals surface area contributed by atoms with Crippen LogP contribution in [0, 0.1) is 11.7 Å². The molecule has 0 atom stereocenters. The predicted octanol–water partition coefficient (Wildman–Crippen LogP) is 2.33. The van der Waals surface area contributed by atoms with Crippen LogP contribution in [0.1, 0.15) is 19.4 Å². The number of carbonyl (C=O) groups is 1. The summed E-state index contributed by atoms with van der Waals surface area (Å²) in [5, 5.41) is 13.2. The van der Waals surface area contributed by atoms with E-state index in [1.54, 1.807) is 12.1 Å². The molecule has 0 radical (unpaired) electrons. The second-order valence-corrected chi connectivity index (χ2v) is 5.51. The van der Waals surface area contributed by atoms with Crippen molar-refractivity contribution in [2.45, 2.75) is 26.8 Å². The van der Waals surface area contributed by atoms with Crippen LogP contribution < -0.4 is 5.56 Å². The minimum atomic E-state index is -1.08. The Kier molecular flexibility index (Phi) is 4.70. The molecule has 6 heteroatoms. The van der Waals surface area contributed by atoms with Gasteiger partial charge in [-0.25, -0.2) is 9.07 Å². The van der Waals surface area contributed by atoms with Crippen LogP contribution in [0.3, 0.4) is 0 Å². The molecule has 0 aliphatic carbocycles. The van der Waals surface area contributed by atoms with Crippen LogP contribution in [0.15, 0.2) is 35.1 Å². The first-order valence-corrected chi connectivity index (χ1v) is 6.95. The number of aliphatic carboxylic acids is 1. The van der Waals surface area contributed by atoms with Crippen LogP contribution >= 0.6 is 0 Å². The van der Waals surface area contributed by atoms with E-state index in [1.165, 1.54) is 22.9 Å². The fourth-order valence-electron chi connectivity index (χ4n) is 2.12. The van der Waals surface area contributed by atoms with Gasteiger partial charge in [-0.2, -0.15) is 5.10 Å². The number of carboxylic acid groups (broad SMARTS) is 1. The number of rotatable bonds is 5. The molecule has 1 heterocycles. The number of nitrogens with zero attached hydrogens (tertiary/aromatic N) is 2. The third-order valence-corrected chi connectivity index (χ3v) is 3.07. The van der Waals surface area contributed by atoms with Gasteiger partial charge >= 0.3 is 5.97 Å². The maximum absolute atomic E-state index is 13.0. The zero-order valence-corrected chi connectivity index (χ0v) is 12.4. The molecule has 1 aromatic heterocycles. The lowest BCUT2D eigenvalue weighted by Gasteiger charge is -2.12.